The van der Waals surface area contributed by atoms with Crippen molar-refractivity contribution in [1.82, 2.24) is 0 Å². The number of cyclic esters (lactones) is 1. The van der Waals surface area contributed by atoms with Crippen molar-refractivity contribution in [2.24, 2.45) is 0 Å². The van der Waals surface area contributed by atoms with Gasteiger partial charge in [0.05, 0.1) is 0 Å². The maximum atomic E-state index is 11.3. The Morgan fingerprint density at radius 3 is 2.23 bits per heavy atom. The molecule has 0 unspecified atom stereocenters. The van der Waals surface area contributed by atoms with Crippen molar-refractivity contribution in [3.8, 4) is 0 Å². The number of hydrogen-bond acceptors (Lipinski definition) is 4. The van der Waals surface area contributed by atoms with Gasteiger partial charge in [-0.15, -0.1) is 0 Å². The molecule has 0 aromatic carbocycles. The second-order valence-corrected chi connectivity index (χ2v) is 5.38. The highest BCUT2D eigenvalue weighted by atomic mass is 32.2. The zero-order chi connectivity index (χ0) is 10.2. The maximum Gasteiger partial charge on any atom is 0.397 e. The lowest BCUT2D eigenvalue weighted by molar-refractivity contribution is -0.220. The first kappa shape index (κ1) is 10.2. The van der Waals surface area contributed by atoms with E-state index in [0.29, 0.717) is 0 Å². The molecule has 0 amide bonds. The molecule has 1 N–H and O–H groups in total. The Labute approximate surface area is 79.9 Å². The highest BCUT2D eigenvalue weighted by Gasteiger charge is 2.42. The average molecular weight is 205 g/mol. The van der Waals surface area contributed by atoms with Gasteiger partial charge in [0.25, 0.3) is 5.79 Å². The highest BCUT2D eigenvalue weighted by molar-refractivity contribution is 8.00. The first-order valence-electron chi connectivity index (χ1n) is 3.76. The third kappa shape index (κ3) is 2.09. The van der Waals surface area contributed by atoms with Gasteiger partial charge in [-0.3, -0.25) is 0 Å². The first-order chi connectivity index (χ1) is 5.83. The number of rotatable bonds is 1. The number of ether oxygens (including phenoxy) is 2. The Hall–Kier alpha value is -0.840. The number of aliphatic hydroxyl groups excluding tert-OH is 1. The van der Waals surface area contributed by atoms with Crippen LogP contribution in [-0.4, -0.2) is 29.4 Å². The monoisotopic (exact) mass is 205 g/mol. The van der Waals surface area contributed by atoms with E-state index in [9.17, 15) is 9.90 Å². The molecule has 1 rings (SSSR count). The predicted octanol–water partition coefficient (Wildman–Crippen LogP) is 0.901. The van der Waals surface area contributed by atoms with Crippen LogP contribution in [0.2, 0.25) is 0 Å². The molecular formula is C8H13O4S+. The molecule has 5 heteroatoms. The van der Waals surface area contributed by atoms with Gasteiger partial charge in [-0.1, -0.05) is 0 Å². The molecule has 0 atom stereocenters. The summed E-state index contributed by atoms with van der Waals surface area (Å²) in [4.78, 5) is 11.6. The van der Waals surface area contributed by atoms with Crippen molar-refractivity contribution in [2.45, 2.75) is 19.6 Å². The summed E-state index contributed by atoms with van der Waals surface area (Å²) < 4.78 is 9.96. The van der Waals surface area contributed by atoms with Gasteiger partial charge in [0, 0.05) is 24.7 Å². The number of aliphatic hydroxyl groups is 1. The van der Waals surface area contributed by atoms with Crippen LogP contribution in [0, 0.1) is 0 Å². The Kier molecular flexibility index (Phi) is 2.47. The normalized spacial score (nSPS) is 21.5. The number of carbonyl (C=O) groups excluding carboxylic acids is 1. The molecule has 4 nitrogen and oxygen atoms in total. The Morgan fingerprint density at radius 2 is 1.85 bits per heavy atom. The summed E-state index contributed by atoms with van der Waals surface area (Å²) in [5.74, 6) is -1.87. The van der Waals surface area contributed by atoms with Crippen LogP contribution in [0.25, 0.3) is 0 Å². The van der Waals surface area contributed by atoms with Gasteiger partial charge in [-0.05, 0) is 0 Å². The highest BCUT2D eigenvalue weighted by Crippen LogP contribution is 2.27. The minimum absolute atomic E-state index is 0.222. The summed E-state index contributed by atoms with van der Waals surface area (Å²) in [6.45, 7) is 3.14. The molecule has 0 aromatic rings. The topological polar surface area (TPSA) is 55.8 Å². The molecule has 1 aliphatic heterocycles. The molecular weight excluding hydrogens is 192 g/mol. The van der Waals surface area contributed by atoms with E-state index in [1.807, 2.05) is 12.5 Å². The quantitative estimate of drug-likeness (QED) is 0.510. The summed E-state index contributed by atoms with van der Waals surface area (Å²) in [5.41, 5.74) is 0. The van der Waals surface area contributed by atoms with E-state index in [1.54, 1.807) is 13.8 Å². The fourth-order valence-electron chi connectivity index (χ4n) is 0.998. The average Bonchev–Trinajstić information content (AvgIpc) is 1.78. The van der Waals surface area contributed by atoms with Gasteiger partial charge in [0.15, 0.2) is 0 Å². The van der Waals surface area contributed by atoms with Gasteiger partial charge in [0.1, 0.15) is 12.5 Å². The zero-order valence-electron chi connectivity index (χ0n) is 8.08. The Morgan fingerprint density at radius 1 is 1.31 bits per heavy atom. The molecule has 0 aliphatic carbocycles. The van der Waals surface area contributed by atoms with Crippen molar-refractivity contribution >= 4 is 16.9 Å². The standard InChI is InChI=1S/C8H12O4S/c1-8(2)11-6(9)5(13(3)4)7(10)12-8/h1-4H3/p+1. The van der Waals surface area contributed by atoms with Gasteiger partial charge in [-0.25, -0.2) is 4.79 Å². The number of carbonyl (C=O) groups is 1. The summed E-state index contributed by atoms with van der Waals surface area (Å²) in [5, 5.41) is 9.41. The van der Waals surface area contributed by atoms with Gasteiger partial charge in [-0.2, -0.15) is 0 Å². The van der Waals surface area contributed by atoms with Crippen LogP contribution >= 0.6 is 0 Å². The summed E-state index contributed by atoms with van der Waals surface area (Å²) in [6.07, 6.45) is 3.63. The zero-order valence-corrected chi connectivity index (χ0v) is 8.90. The molecule has 1 aliphatic rings. The van der Waals surface area contributed by atoms with Gasteiger partial charge < -0.3 is 14.6 Å². The fraction of sp³-hybridized carbons (Fsp3) is 0.625. The Balaban J connectivity index is 3.01. The SMILES string of the molecule is C[S+](C)C1=C(O)OC(C)(C)OC1=O. The second-order valence-electron chi connectivity index (χ2n) is 3.34. The largest absolute Gasteiger partial charge is 0.477 e. The third-order valence-corrected chi connectivity index (χ3v) is 2.63. The maximum absolute atomic E-state index is 11.3. The van der Waals surface area contributed by atoms with Crippen molar-refractivity contribution in [3.63, 3.8) is 0 Å². The third-order valence-electron chi connectivity index (χ3n) is 1.47. The summed E-state index contributed by atoms with van der Waals surface area (Å²) in [6, 6.07) is 0. The van der Waals surface area contributed by atoms with E-state index >= 15 is 0 Å². The van der Waals surface area contributed by atoms with E-state index in [0.717, 1.165) is 0 Å². The van der Waals surface area contributed by atoms with Crippen molar-refractivity contribution in [1.29, 1.82) is 0 Å². The van der Waals surface area contributed by atoms with E-state index in [4.69, 9.17) is 9.47 Å². The van der Waals surface area contributed by atoms with Crippen molar-refractivity contribution in [2.75, 3.05) is 12.5 Å². The smallest absolute Gasteiger partial charge is 0.397 e. The van der Waals surface area contributed by atoms with E-state index in [-0.39, 0.29) is 21.7 Å². The van der Waals surface area contributed by atoms with Crippen LogP contribution in [0.3, 0.4) is 0 Å². The summed E-state index contributed by atoms with van der Waals surface area (Å²) >= 11 is 0. The minimum atomic E-state index is -1.07. The molecule has 1 heterocycles. The lowest BCUT2D eigenvalue weighted by Gasteiger charge is -2.28. The van der Waals surface area contributed by atoms with Crippen LogP contribution in [0.5, 0.6) is 0 Å². The molecule has 0 aromatic heterocycles. The van der Waals surface area contributed by atoms with E-state index < -0.39 is 11.8 Å². The van der Waals surface area contributed by atoms with Crippen LogP contribution < -0.4 is 0 Å². The lowest BCUT2D eigenvalue weighted by Crippen LogP contribution is -2.38. The molecule has 0 radical (unpaired) electrons. The molecule has 74 valence electrons. The minimum Gasteiger partial charge on any atom is -0.477 e. The fourth-order valence-corrected chi connectivity index (χ4v) is 1.76. The molecule has 0 saturated heterocycles. The predicted molar refractivity (Wildman–Crippen MR) is 50.1 cm³/mol. The van der Waals surface area contributed by atoms with E-state index in [1.165, 1.54) is 0 Å². The molecule has 0 spiro atoms. The number of hydrogen-bond donors (Lipinski definition) is 1. The lowest BCUT2D eigenvalue weighted by atomic mass is 10.3. The molecule has 0 fully saturated rings. The molecule has 0 bridgehead atoms. The van der Waals surface area contributed by atoms with Crippen LogP contribution in [0.15, 0.2) is 10.9 Å². The van der Waals surface area contributed by atoms with Gasteiger partial charge in [0.2, 0.25) is 0 Å². The number of esters is 1. The van der Waals surface area contributed by atoms with Crippen LogP contribution in [-0.2, 0) is 25.2 Å². The van der Waals surface area contributed by atoms with Crippen LogP contribution in [0.1, 0.15) is 13.8 Å². The second kappa shape index (κ2) is 3.14. The summed E-state index contributed by atoms with van der Waals surface area (Å²) in [7, 11) is -0.365. The first-order valence-corrected chi connectivity index (χ1v) is 5.81. The van der Waals surface area contributed by atoms with Crippen molar-refractivity contribution < 1.29 is 19.4 Å². The van der Waals surface area contributed by atoms with Crippen LogP contribution in [0.4, 0.5) is 0 Å². The molecule has 0 saturated carbocycles. The van der Waals surface area contributed by atoms with Crippen molar-refractivity contribution in [3.05, 3.63) is 10.9 Å². The molecule has 13 heavy (non-hydrogen) atoms. The van der Waals surface area contributed by atoms with E-state index in [2.05, 4.69) is 0 Å². The Bertz CT molecular complexity index is 267. The van der Waals surface area contributed by atoms with Gasteiger partial charge >= 0.3 is 16.8 Å².